The summed E-state index contributed by atoms with van der Waals surface area (Å²) in [5.41, 5.74) is -0.449. The molecule has 0 aliphatic carbocycles. The van der Waals surface area contributed by atoms with E-state index in [1.54, 1.807) is 0 Å². The molecule has 3 nitrogen and oxygen atoms in total. The third-order valence-electron chi connectivity index (χ3n) is 4.15. The molecule has 0 unspecified atom stereocenters. The quantitative estimate of drug-likeness (QED) is 0.366. The highest BCUT2D eigenvalue weighted by Crippen LogP contribution is 2.36. The van der Waals surface area contributed by atoms with Crippen molar-refractivity contribution in [2.24, 2.45) is 0 Å². The molecule has 1 aromatic heterocycles. The van der Waals surface area contributed by atoms with Gasteiger partial charge in [-0.25, -0.2) is 14.2 Å². The van der Waals surface area contributed by atoms with Crippen molar-refractivity contribution in [1.82, 2.24) is 4.98 Å². The maximum Gasteiger partial charge on any atom is 0.416 e. The number of alkyl halides is 3. The molecule has 140 valence electrons. The van der Waals surface area contributed by atoms with Crippen LogP contribution in [0.3, 0.4) is 0 Å². The molecule has 0 saturated carbocycles. The van der Waals surface area contributed by atoms with Crippen LogP contribution in [0.4, 0.5) is 17.6 Å². The van der Waals surface area contributed by atoms with Gasteiger partial charge in [0.15, 0.2) is 5.82 Å². The second-order valence-corrected chi connectivity index (χ2v) is 6.64. The summed E-state index contributed by atoms with van der Waals surface area (Å²) in [6.45, 7) is 1.54. The number of carbonyl (C=O) groups is 1. The molecule has 0 spiro atoms. The fourth-order valence-electron chi connectivity index (χ4n) is 2.86. The van der Waals surface area contributed by atoms with E-state index in [1.165, 1.54) is 38.3 Å². The highest BCUT2D eigenvalue weighted by molar-refractivity contribution is 9.10. The number of halogens is 5. The summed E-state index contributed by atoms with van der Waals surface area (Å²) < 4.78 is 58.7. The molecule has 8 heteroatoms. The van der Waals surface area contributed by atoms with Crippen LogP contribution in [-0.4, -0.2) is 18.1 Å². The van der Waals surface area contributed by atoms with E-state index in [4.69, 9.17) is 4.74 Å². The van der Waals surface area contributed by atoms with Crippen molar-refractivity contribution in [3.05, 3.63) is 63.4 Å². The van der Waals surface area contributed by atoms with Crippen LogP contribution in [0.25, 0.3) is 22.2 Å². The minimum atomic E-state index is -4.54. The number of rotatable bonds is 2. The summed E-state index contributed by atoms with van der Waals surface area (Å²) in [5.74, 6) is -1.44. The molecule has 0 N–H and O–H groups in total. The molecule has 3 aromatic rings. The van der Waals surface area contributed by atoms with Crippen LogP contribution >= 0.6 is 15.9 Å². The van der Waals surface area contributed by atoms with Gasteiger partial charge >= 0.3 is 12.1 Å². The first kappa shape index (κ1) is 19.3. The molecule has 0 radical (unpaired) electrons. The number of esters is 1. The van der Waals surface area contributed by atoms with Gasteiger partial charge in [0, 0.05) is 10.9 Å². The smallest absolute Gasteiger partial charge is 0.416 e. The van der Waals surface area contributed by atoms with E-state index in [1.807, 2.05) is 0 Å². The molecule has 0 aliphatic heterocycles. The molecule has 27 heavy (non-hydrogen) atoms. The zero-order valence-corrected chi connectivity index (χ0v) is 15.7. The van der Waals surface area contributed by atoms with E-state index >= 15 is 0 Å². The average Bonchev–Trinajstić information content (AvgIpc) is 2.63. The standard InChI is InChI=1S/C19H12BrF4NO2/c1-9-14(18(26)27-2)12-6-7-13(20)15(21)17(12)25-16(9)10-4-3-5-11(8-10)19(22,23)24/h3-8H,1-2H3. The Kier molecular flexibility index (Phi) is 4.94. The molecule has 3 rings (SSSR count). The van der Waals surface area contributed by atoms with Crippen LogP contribution in [0.1, 0.15) is 21.5 Å². The molecule has 2 aromatic carbocycles. The van der Waals surface area contributed by atoms with Crippen LogP contribution < -0.4 is 0 Å². The molecule has 0 amide bonds. The van der Waals surface area contributed by atoms with Gasteiger partial charge < -0.3 is 4.74 Å². The molecule has 1 heterocycles. The number of fused-ring (bicyclic) bond motifs is 1. The van der Waals surface area contributed by atoms with Crippen molar-refractivity contribution in [2.75, 3.05) is 7.11 Å². The topological polar surface area (TPSA) is 39.2 Å². The second kappa shape index (κ2) is 6.92. The Morgan fingerprint density at radius 3 is 2.52 bits per heavy atom. The molecular weight excluding hydrogens is 430 g/mol. The van der Waals surface area contributed by atoms with E-state index in [0.717, 1.165) is 12.1 Å². The van der Waals surface area contributed by atoms with E-state index in [9.17, 15) is 22.4 Å². The Morgan fingerprint density at radius 2 is 1.89 bits per heavy atom. The lowest BCUT2D eigenvalue weighted by Gasteiger charge is -2.15. The molecule has 0 fully saturated rings. The first-order valence-electron chi connectivity index (χ1n) is 7.69. The lowest BCUT2D eigenvalue weighted by atomic mass is 9.96. The third-order valence-corrected chi connectivity index (χ3v) is 4.76. The van der Waals surface area contributed by atoms with Gasteiger partial charge in [-0.3, -0.25) is 0 Å². The zero-order valence-electron chi connectivity index (χ0n) is 14.1. The number of carbonyl (C=O) groups excluding carboxylic acids is 1. The number of hydrogen-bond acceptors (Lipinski definition) is 3. The third kappa shape index (κ3) is 3.41. The predicted molar refractivity (Wildman–Crippen MR) is 95.9 cm³/mol. The van der Waals surface area contributed by atoms with Gasteiger partial charge in [-0.2, -0.15) is 13.2 Å². The second-order valence-electron chi connectivity index (χ2n) is 5.79. The van der Waals surface area contributed by atoms with E-state index in [0.29, 0.717) is 5.56 Å². The Labute approximate surface area is 160 Å². The average molecular weight is 442 g/mol. The van der Waals surface area contributed by atoms with Crippen LogP contribution in [-0.2, 0) is 10.9 Å². The Bertz CT molecular complexity index is 1060. The maximum absolute atomic E-state index is 14.6. The van der Waals surface area contributed by atoms with Crippen molar-refractivity contribution < 1.29 is 27.1 Å². The van der Waals surface area contributed by atoms with Gasteiger partial charge in [0.1, 0.15) is 5.52 Å². The van der Waals surface area contributed by atoms with Crippen molar-refractivity contribution in [2.45, 2.75) is 13.1 Å². The van der Waals surface area contributed by atoms with Gasteiger partial charge in [-0.15, -0.1) is 0 Å². The number of methoxy groups -OCH3 is 1. The first-order chi connectivity index (χ1) is 12.6. The minimum absolute atomic E-state index is 0.0568. The number of aromatic nitrogens is 1. The summed E-state index contributed by atoms with van der Waals surface area (Å²) in [6, 6.07) is 7.43. The van der Waals surface area contributed by atoms with Gasteiger partial charge in [0.05, 0.1) is 28.4 Å². The van der Waals surface area contributed by atoms with Crippen molar-refractivity contribution in [3.8, 4) is 11.3 Å². The summed E-state index contributed by atoms with van der Waals surface area (Å²) in [4.78, 5) is 16.5. The van der Waals surface area contributed by atoms with Crippen LogP contribution in [0.15, 0.2) is 40.9 Å². The summed E-state index contributed by atoms with van der Waals surface area (Å²) in [5, 5.41) is 0.218. The molecule has 0 aliphatic rings. The van der Waals surface area contributed by atoms with Crippen LogP contribution in [0, 0.1) is 12.7 Å². The van der Waals surface area contributed by atoms with E-state index < -0.39 is 23.5 Å². The lowest BCUT2D eigenvalue weighted by Crippen LogP contribution is -2.09. The van der Waals surface area contributed by atoms with Gasteiger partial charge in [0.25, 0.3) is 0 Å². The SMILES string of the molecule is COC(=O)c1c(C)c(-c2cccc(C(F)(F)F)c2)nc2c(F)c(Br)ccc12. The van der Waals surface area contributed by atoms with Crippen LogP contribution in [0.5, 0.6) is 0 Å². The normalized spacial score (nSPS) is 11.7. The highest BCUT2D eigenvalue weighted by atomic mass is 79.9. The molecule has 0 saturated heterocycles. The maximum atomic E-state index is 14.6. The summed E-state index contributed by atoms with van der Waals surface area (Å²) >= 11 is 3.05. The fraction of sp³-hybridized carbons (Fsp3) is 0.158. The Hall–Kier alpha value is -2.48. The van der Waals surface area contributed by atoms with E-state index in [-0.39, 0.29) is 32.2 Å². The number of nitrogens with zero attached hydrogens (tertiary/aromatic N) is 1. The molecule has 0 atom stereocenters. The largest absolute Gasteiger partial charge is 0.465 e. The van der Waals surface area contributed by atoms with E-state index in [2.05, 4.69) is 20.9 Å². The summed E-state index contributed by atoms with van der Waals surface area (Å²) in [6.07, 6.45) is -4.54. The monoisotopic (exact) mass is 441 g/mol. The minimum Gasteiger partial charge on any atom is -0.465 e. The predicted octanol–water partition coefficient (Wildman–Crippen LogP) is 5.92. The Balaban J connectivity index is 2.39. The molecule has 0 bridgehead atoms. The lowest BCUT2D eigenvalue weighted by molar-refractivity contribution is -0.137. The van der Waals surface area contributed by atoms with Gasteiger partial charge in [-0.1, -0.05) is 18.2 Å². The van der Waals surface area contributed by atoms with Crippen LogP contribution in [0.2, 0.25) is 0 Å². The number of pyridine rings is 1. The first-order valence-corrected chi connectivity index (χ1v) is 8.48. The Morgan fingerprint density at radius 1 is 1.19 bits per heavy atom. The molecular formula is C19H12BrF4NO2. The number of benzene rings is 2. The van der Waals surface area contributed by atoms with Gasteiger partial charge in [-0.05, 0) is 46.6 Å². The van der Waals surface area contributed by atoms with Crippen molar-refractivity contribution >= 4 is 32.8 Å². The fourth-order valence-corrected chi connectivity index (χ4v) is 3.18. The zero-order chi connectivity index (χ0) is 19.9. The van der Waals surface area contributed by atoms with Crippen molar-refractivity contribution in [1.29, 1.82) is 0 Å². The number of ether oxygens (including phenoxy) is 1. The van der Waals surface area contributed by atoms with Gasteiger partial charge in [0.2, 0.25) is 0 Å². The van der Waals surface area contributed by atoms with Crippen molar-refractivity contribution in [3.63, 3.8) is 0 Å². The highest BCUT2D eigenvalue weighted by Gasteiger charge is 2.31. The summed E-state index contributed by atoms with van der Waals surface area (Å²) in [7, 11) is 1.17. The number of hydrogen-bond donors (Lipinski definition) is 0.